The zero-order valence-corrected chi connectivity index (χ0v) is 10.7. The van der Waals surface area contributed by atoms with Gasteiger partial charge in [0, 0.05) is 18.4 Å². The number of amides is 1. The molecule has 0 unspecified atom stereocenters. The number of aliphatic hydroxyl groups is 1. The number of carbonyl (C=O) groups is 1. The third-order valence-corrected chi connectivity index (χ3v) is 2.48. The number of nitrogens with one attached hydrogen (secondary N) is 1. The fraction of sp³-hybridized carbons (Fsp3) is 0.538. The molecule has 0 aliphatic carbocycles. The molecule has 1 heterocycles. The molecule has 0 aromatic carbocycles. The van der Waals surface area contributed by atoms with Crippen LogP contribution in [0.4, 0.5) is 5.69 Å². The minimum atomic E-state index is -0.228. The number of nitrogens with zero attached hydrogens (tertiary/aromatic N) is 1. The molecule has 0 saturated heterocycles. The predicted octanol–water partition coefficient (Wildman–Crippen LogP) is 1.72. The fourth-order valence-corrected chi connectivity index (χ4v) is 1.48. The van der Waals surface area contributed by atoms with E-state index in [1.807, 2.05) is 0 Å². The van der Waals surface area contributed by atoms with Gasteiger partial charge in [-0.2, -0.15) is 0 Å². The molecule has 0 bridgehead atoms. The summed E-state index contributed by atoms with van der Waals surface area (Å²) in [6.45, 7) is 2.62. The van der Waals surface area contributed by atoms with Crippen molar-refractivity contribution in [3.63, 3.8) is 0 Å². The second-order valence-electron chi connectivity index (χ2n) is 4.00. The topological polar surface area (TPSA) is 71.5 Å². The molecule has 0 saturated carbocycles. The molecule has 0 fully saturated rings. The van der Waals surface area contributed by atoms with Crippen LogP contribution in [0.25, 0.3) is 0 Å². The Labute approximate surface area is 107 Å². The summed E-state index contributed by atoms with van der Waals surface area (Å²) in [6.07, 6.45) is 6.30. The summed E-state index contributed by atoms with van der Waals surface area (Å²) < 4.78 is 5.25. The second-order valence-corrected chi connectivity index (χ2v) is 4.00. The van der Waals surface area contributed by atoms with E-state index in [0.717, 1.165) is 19.3 Å². The Morgan fingerprint density at radius 2 is 2.33 bits per heavy atom. The lowest BCUT2D eigenvalue weighted by Crippen LogP contribution is -2.19. The van der Waals surface area contributed by atoms with E-state index in [1.165, 1.54) is 6.20 Å². The Bertz CT molecular complexity index is 369. The average molecular weight is 252 g/mol. The van der Waals surface area contributed by atoms with Crippen molar-refractivity contribution in [3.8, 4) is 0 Å². The SMILES string of the molecule is CCCCCOCC(=O)Nc1cnccc1CO. The molecule has 5 nitrogen and oxygen atoms in total. The summed E-state index contributed by atoms with van der Waals surface area (Å²) in [5.41, 5.74) is 1.17. The molecule has 1 amide bonds. The lowest BCUT2D eigenvalue weighted by atomic mass is 10.2. The molecule has 18 heavy (non-hydrogen) atoms. The first-order valence-electron chi connectivity index (χ1n) is 6.19. The van der Waals surface area contributed by atoms with Gasteiger partial charge in [-0.1, -0.05) is 19.8 Å². The number of unbranched alkanes of at least 4 members (excludes halogenated alkanes) is 2. The van der Waals surface area contributed by atoms with E-state index in [1.54, 1.807) is 12.3 Å². The highest BCUT2D eigenvalue weighted by Crippen LogP contribution is 2.12. The number of hydrogen-bond acceptors (Lipinski definition) is 4. The van der Waals surface area contributed by atoms with E-state index in [4.69, 9.17) is 9.84 Å². The number of aliphatic hydroxyl groups excluding tert-OH is 1. The molecule has 0 aliphatic rings. The molecule has 0 radical (unpaired) electrons. The van der Waals surface area contributed by atoms with E-state index < -0.39 is 0 Å². The number of anilines is 1. The van der Waals surface area contributed by atoms with E-state index in [9.17, 15) is 4.79 Å². The summed E-state index contributed by atoms with van der Waals surface area (Å²) in [5, 5.41) is 11.8. The molecule has 2 N–H and O–H groups in total. The Kier molecular flexibility index (Phi) is 6.98. The lowest BCUT2D eigenvalue weighted by molar-refractivity contribution is -0.120. The van der Waals surface area contributed by atoms with Gasteiger partial charge in [-0.25, -0.2) is 0 Å². The van der Waals surface area contributed by atoms with Crippen LogP contribution < -0.4 is 5.32 Å². The number of hydrogen-bond donors (Lipinski definition) is 2. The first-order valence-corrected chi connectivity index (χ1v) is 6.19. The van der Waals surface area contributed by atoms with Crippen LogP contribution in [0.15, 0.2) is 18.5 Å². The third kappa shape index (κ3) is 5.25. The summed E-state index contributed by atoms with van der Waals surface area (Å²) in [7, 11) is 0. The average Bonchev–Trinajstić information content (AvgIpc) is 2.39. The molecule has 0 atom stereocenters. The standard InChI is InChI=1S/C13H20N2O3/c1-2-3-4-7-18-10-13(17)15-12-8-14-6-5-11(12)9-16/h5-6,8,16H,2-4,7,9-10H2,1H3,(H,15,17). The Morgan fingerprint density at radius 1 is 1.50 bits per heavy atom. The Morgan fingerprint density at radius 3 is 3.06 bits per heavy atom. The van der Waals surface area contributed by atoms with Crippen molar-refractivity contribution >= 4 is 11.6 Å². The monoisotopic (exact) mass is 252 g/mol. The molecule has 100 valence electrons. The maximum atomic E-state index is 11.6. The van der Waals surface area contributed by atoms with Gasteiger partial charge in [-0.3, -0.25) is 9.78 Å². The van der Waals surface area contributed by atoms with Gasteiger partial charge in [0.1, 0.15) is 6.61 Å². The molecule has 0 aliphatic heterocycles. The summed E-state index contributed by atoms with van der Waals surface area (Å²) >= 11 is 0. The van der Waals surface area contributed by atoms with Crippen molar-refractivity contribution in [1.82, 2.24) is 4.98 Å². The summed E-state index contributed by atoms with van der Waals surface area (Å²) in [4.78, 5) is 15.5. The normalized spacial score (nSPS) is 10.3. The first-order chi connectivity index (χ1) is 8.77. The van der Waals surface area contributed by atoms with E-state index in [-0.39, 0.29) is 19.1 Å². The second kappa shape index (κ2) is 8.60. The molecular weight excluding hydrogens is 232 g/mol. The molecule has 0 spiro atoms. The van der Waals surface area contributed by atoms with E-state index in [0.29, 0.717) is 17.9 Å². The Hall–Kier alpha value is -1.46. The minimum absolute atomic E-state index is 0.0312. The Balaban J connectivity index is 2.31. The van der Waals surface area contributed by atoms with Crippen LogP contribution in [0, 0.1) is 0 Å². The van der Waals surface area contributed by atoms with E-state index in [2.05, 4.69) is 17.2 Å². The van der Waals surface area contributed by atoms with Crippen molar-refractivity contribution in [2.24, 2.45) is 0 Å². The van der Waals surface area contributed by atoms with Crippen molar-refractivity contribution in [2.75, 3.05) is 18.5 Å². The quantitative estimate of drug-likeness (QED) is 0.691. The molecule has 5 heteroatoms. The van der Waals surface area contributed by atoms with Crippen molar-refractivity contribution < 1.29 is 14.6 Å². The largest absolute Gasteiger partial charge is 0.392 e. The van der Waals surface area contributed by atoms with Crippen LogP contribution >= 0.6 is 0 Å². The van der Waals surface area contributed by atoms with Gasteiger partial charge >= 0.3 is 0 Å². The first kappa shape index (κ1) is 14.6. The lowest BCUT2D eigenvalue weighted by Gasteiger charge is -2.08. The van der Waals surface area contributed by atoms with Crippen LogP contribution in [0.2, 0.25) is 0 Å². The molecule has 1 aromatic rings. The molecule has 1 rings (SSSR count). The minimum Gasteiger partial charge on any atom is -0.392 e. The van der Waals surface area contributed by atoms with Crippen LogP contribution in [0.3, 0.4) is 0 Å². The summed E-state index contributed by atoms with van der Waals surface area (Å²) in [6, 6.07) is 1.66. The number of ether oxygens (including phenoxy) is 1. The number of carbonyl (C=O) groups excluding carboxylic acids is 1. The van der Waals surface area contributed by atoms with Crippen molar-refractivity contribution in [3.05, 3.63) is 24.0 Å². The third-order valence-electron chi connectivity index (χ3n) is 2.48. The molecular formula is C13H20N2O3. The number of pyridine rings is 1. The highest BCUT2D eigenvalue weighted by atomic mass is 16.5. The van der Waals surface area contributed by atoms with Gasteiger partial charge in [-0.05, 0) is 12.5 Å². The van der Waals surface area contributed by atoms with Gasteiger partial charge in [0.25, 0.3) is 0 Å². The van der Waals surface area contributed by atoms with Gasteiger partial charge < -0.3 is 15.2 Å². The van der Waals surface area contributed by atoms with Crippen LogP contribution in [-0.2, 0) is 16.1 Å². The maximum absolute atomic E-state index is 11.6. The van der Waals surface area contributed by atoms with Gasteiger partial charge in [0.2, 0.25) is 5.91 Å². The predicted molar refractivity (Wildman–Crippen MR) is 69.1 cm³/mol. The highest BCUT2D eigenvalue weighted by Gasteiger charge is 2.06. The summed E-state index contributed by atoms with van der Waals surface area (Å²) in [5.74, 6) is -0.228. The smallest absolute Gasteiger partial charge is 0.250 e. The zero-order chi connectivity index (χ0) is 13.2. The van der Waals surface area contributed by atoms with E-state index >= 15 is 0 Å². The van der Waals surface area contributed by atoms with Crippen LogP contribution in [-0.4, -0.2) is 29.2 Å². The van der Waals surface area contributed by atoms with Crippen molar-refractivity contribution in [2.45, 2.75) is 32.8 Å². The van der Waals surface area contributed by atoms with Gasteiger partial charge in [-0.15, -0.1) is 0 Å². The molecule has 1 aromatic heterocycles. The number of aromatic nitrogens is 1. The zero-order valence-electron chi connectivity index (χ0n) is 10.7. The van der Waals surface area contributed by atoms with Crippen LogP contribution in [0.5, 0.6) is 0 Å². The highest BCUT2D eigenvalue weighted by molar-refractivity contribution is 5.92. The fourth-order valence-electron chi connectivity index (χ4n) is 1.48. The number of rotatable bonds is 8. The van der Waals surface area contributed by atoms with Gasteiger partial charge in [0.15, 0.2) is 0 Å². The maximum Gasteiger partial charge on any atom is 0.250 e. The van der Waals surface area contributed by atoms with Crippen LogP contribution in [0.1, 0.15) is 31.7 Å². The van der Waals surface area contributed by atoms with Gasteiger partial charge in [0.05, 0.1) is 18.5 Å². The van der Waals surface area contributed by atoms with Crippen molar-refractivity contribution in [1.29, 1.82) is 0 Å².